The first-order chi connectivity index (χ1) is 7.20. The van der Waals surface area contributed by atoms with Crippen molar-refractivity contribution in [2.45, 2.75) is 52.0 Å². The second-order valence-corrected chi connectivity index (χ2v) is 5.18. The van der Waals surface area contributed by atoms with Gasteiger partial charge in [-0.25, -0.2) is 0 Å². The van der Waals surface area contributed by atoms with E-state index in [1.54, 1.807) is 0 Å². The molecular weight excluding hydrogens is 184 g/mol. The van der Waals surface area contributed by atoms with E-state index in [1.807, 2.05) is 0 Å². The van der Waals surface area contributed by atoms with Crippen molar-refractivity contribution in [2.75, 3.05) is 33.2 Å². The Bertz CT molecular complexity index is 151. The number of nitrogens with zero attached hydrogens (tertiary/aromatic N) is 2. The number of hydrogen-bond acceptors (Lipinski definition) is 2. The Hall–Kier alpha value is -0.0800. The molecule has 1 fully saturated rings. The van der Waals surface area contributed by atoms with Crippen LogP contribution in [0.5, 0.6) is 0 Å². The molecule has 0 aliphatic carbocycles. The fraction of sp³-hybridized carbons (Fsp3) is 1.00. The van der Waals surface area contributed by atoms with Crippen LogP contribution in [0.15, 0.2) is 0 Å². The molecule has 2 nitrogen and oxygen atoms in total. The third-order valence-corrected chi connectivity index (χ3v) is 3.57. The molecule has 1 rings (SSSR count). The highest BCUT2D eigenvalue weighted by atomic mass is 15.1. The second kappa shape index (κ2) is 7.24. The Labute approximate surface area is 95.6 Å². The Morgan fingerprint density at radius 1 is 1.07 bits per heavy atom. The van der Waals surface area contributed by atoms with Crippen LogP contribution in [0.1, 0.15) is 46.0 Å². The summed E-state index contributed by atoms with van der Waals surface area (Å²) < 4.78 is 0. The van der Waals surface area contributed by atoms with Crippen LogP contribution in [0.4, 0.5) is 0 Å². The molecule has 90 valence electrons. The summed E-state index contributed by atoms with van der Waals surface area (Å²) in [5, 5.41) is 0. The monoisotopic (exact) mass is 212 g/mol. The number of piperidine rings is 1. The van der Waals surface area contributed by atoms with Crippen molar-refractivity contribution in [3.05, 3.63) is 0 Å². The highest BCUT2D eigenvalue weighted by Gasteiger charge is 2.09. The summed E-state index contributed by atoms with van der Waals surface area (Å²) in [7, 11) is 2.23. The van der Waals surface area contributed by atoms with Crippen LogP contribution in [0, 0.1) is 0 Å². The molecule has 0 aromatic rings. The van der Waals surface area contributed by atoms with Crippen molar-refractivity contribution >= 4 is 0 Å². The van der Waals surface area contributed by atoms with Crippen molar-refractivity contribution in [2.24, 2.45) is 0 Å². The second-order valence-electron chi connectivity index (χ2n) is 5.18. The van der Waals surface area contributed by atoms with Crippen LogP contribution < -0.4 is 0 Å². The summed E-state index contributed by atoms with van der Waals surface area (Å²) in [5.41, 5.74) is 0. The summed E-state index contributed by atoms with van der Waals surface area (Å²) in [5.74, 6) is 0. The molecule has 0 aromatic heterocycles. The van der Waals surface area contributed by atoms with Gasteiger partial charge in [0.25, 0.3) is 0 Å². The van der Waals surface area contributed by atoms with Gasteiger partial charge in [0.05, 0.1) is 0 Å². The van der Waals surface area contributed by atoms with E-state index in [4.69, 9.17) is 0 Å². The van der Waals surface area contributed by atoms with Crippen molar-refractivity contribution in [3.63, 3.8) is 0 Å². The van der Waals surface area contributed by atoms with Crippen LogP contribution in [0.3, 0.4) is 0 Å². The molecule has 15 heavy (non-hydrogen) atoms. The number of unbranched alkanes of at least 4 members (excludes halogenated alkanes) is 1. The van der Waals surface area contributed by atoms with E-state index >= 15 is 0 Å². The Morgan fingerprint density at radius 2 is 1.73 bits per heavy atom. The van der Waals surface area contributed by atoms with Crippen LogP contribution in [-0.2, 0) is 0 Å². The molecule has 1 heterocycles. The van der Waals surface area contributed by atoms with Gasteiger partial charge >= 0.3 is 0 Å². The number of rotatable bonds is 6. The summed E-state index contributed by atoms with van der Waals surface area (Å²) in [6.45, 7) is 9.81. The minimum absolute atomic E-state index is 0.694. The zero-order valence-corrected chi connectivity index (χ0v) is 10.8. The van der Waals surface area contributed by atoms with Crippen molar-refractivity contribution in [3.8, 4) is 0 Å². The zero-order chi connectivity index (χ0) is 11.1. The van der Waals surface area contributed by atoms with Crippen LogP contribution >= 0.6 is 0 Å². The molecule has 1 aliphatic heterocycles. The average molecular weight is 212 g/mol. The van der Waals surface area contributed by atoms with Gasteiger partial charge in [-0.2, -0.15) is 0 Å². The minimum atomic E-state index is 0.694. The molecule has 0 radical (unpaired) electrons. The highest BCUT2D eigenvalue weighted by molar-refractivity contribution is 4.65. The molecular formula is C13H28N2. The maximum Gasteiger partial charge on any atom is 0.00355 e. The standard InChI is InChI=1S/C13H28N2/c1-13(2)14(3)9-7-8-12-15-10-5-4-6-11-15/h13H,4-12H2,1-3H3. The third kappa shape index (κ3) is 5.53. The lowest BCUT2D eigenvalue weighted by Gasteiger charge is -2.27. The third-order valence-electron chi connectivity index (χ3n) is 3.57. The highest BCUT2D eigenvalue weighted by Crippen LogP contribution is 2.09. The molecule has 0 spiro atoms. The lowest BCUT2D eigenvalue weighted by atomic mass is 10.1. The van der Waals surface area contributed by atoms with Gasteiger partial charge in [-0.15, -0.1) is 0 Å². The summed E-state index contributed by atoms with van der Waals surface area (Å²) in [6, 6.07) is 0.694. The normalized spacial score (nSPS) is 19.0. The molecule has 0 saturated carbocycles. The molecule has 2 heteroatoms. The Balaban J connectivity index is 1.96. The van der Waals surface area contributed by atoms with Gasteiger partial charge in [-0.3, -0.25) is 0 Å². The molecule has 0 aromatic carbocycles. The predicted molar refractivity (Wildman–Crippen MR) is 67.3 cm³/mol. The van der Waals surface area contributed by atoms with Crippen LogP contribution in [-0.4, -0.2) is 49.1 Å². The maximum atomic E-state index is 2.64. The average Bonchev–Trinajstić information content (AvgIpc) is 2.25. The Kier molecular flexibility index (Phi) is 6.26. The molecule has 0 bridgehead atoms. The summed E-state index contributed by atoms with van der Waals surface area (Å²) in [4.78, 5) is 5.08. The van der Waals surface area contributed by atoms with Crippen molar-refractivity contribution in [1.29, 1.82) is 0 Å². The van der Waals surface area contributed by atoms with Crippen LogP contribution in [0.25, 0.3) is 0 Å². The zero-order valence-electron chi connectivity index (χ0n) is 10.8. The summed E-state index contributed by atoms with van der Waals surface area (Å²) >= 11 is 0. The minimum Gasteiger partial charge on any atom is -0.304 e. The van der Waals surface area contributed by atoms with E-state index in [-0.39, 0.29) is 0 Å². The van der Waals surface area contributed by atoms with Crippen molar-refractivity contribution in [1.82, 2.24) is 9.80 Å². The first-order valence-electron chi connectivity index (χ1n) is 6.63. The SMILES string of the molecule is CC(C)N(C)CCCCN1CCCCC1. The Morgan fingerprint density at radius 3 is 2.33 bits per heavy atom. The van der Waals surface area contributed by atoms with E-state index in [0.717, 1.165) is 0 Å². The fourth-order valence-electron chi connectivity index (χ4n) is 2.14. The quantitative estimate of drug-likeness (QED) is 0.624. The van der Waals surface area contributed by atoms with Gasteiger partial charge in [0.1, 0.15) is 0 Å². The van der Waals surface area contributed by atoms with Gasteiger partial charge in [0, 0.05) is 6.04 Å². The van der Waals surface area contributed by atoms with Gasteiger partial charge in [0.15, 0.2) is 0 Å². The van der Waals surface area contributed by atoms with Crippen LogP contribution in [0.2, 0.25) is 0 Å². The van der Waals surface area contributed by atoms with Gasteiger partial charge in [-0.05, 0) is 72.8 Å². The lowest BCUT2D eigenvalue weighted by Crippen LogP contribution is -2.31. The molecule has 0 atom stereocenters. The fourth-order valence-corrected chi connectivity index (χ4v) is 2.14. The maximum absolute atomic E-state index is 2.64. The van der Waals surface area contributed by atoms with E-state index < -0.39 is 0 Å². The van der Waals surface area contributed by atoms with Gasteiger partial charge in [-0.1, -0.05) is 6.42 Å². The predicted octanol–water partition coefficient (Wildman–Crippen LogP) is 2.59. The van der Waals surface area contributed by atoms with Gasteiger partial charge < -0.3 is 9.80 Å². The summed E-state index contributed by atoms with van der Waals surface area (Å²) in [6.07, 6.45) is 7.02. The van der Waals surface area contributed by atoms with E-state index in [0.29, 0.717) is 6.04 Å². The molecule has 0 N–H and O–H groups in total. The van der Waals surface area contributed by atoms with E-state index in [2.05, 4.69) is 30.7 Å². The topological polar surface area (TPSA) is 6.48 Å². The van der Waals surface area contributed by atoms with Gasteiger partial charge in [0.2, 0.25) is 0 Å². The van der Waals surface area contributed by atoms with Crippen molar-refractivity contribution < 1.29 is 0 Å². The largest absolute Gasteiger partial charge is 0.304 e. The van der Waals surface area contributed by atoms with E-state index in [9.17, 15) is 0 Å². The number of hydrogen-bond donors (Lipinski definition) is 0. The lowest BCUT2D eigenvalue weighted by molar-refractivity contribution is 0.214. The smallest absolute Gasteiger partial charge is 0.00355 e. The first-order valence-corrected chi connectivity index (χ1v) is 6.63. The molecule has 0 amide bonds. The molecule has 1 saturated heterocycles. The molecule has 1 aliphatic rings. The first kappa shape index (κ1) is 13.0. The number of likely N-dealkylation sites (tertiary alicyclic amines) is 1. The van der Waals surface area contributed by atoms with E-state index in [1.165, 1.54) is 58.3 Å². The molecule has 0 unspecified atom stereocenters.